The molecule has 0 aliphatic heterocycles. The number of nitro groups is 1. The van der Waals surface area contributed by atoms with E-state index in [-0.39, 0.29) is 24.2 Å². The van der Waals surface area contributed by atoms with Gasteiger partial charge in [0.25, 0.3) is 11.6 Å². The molecule has 1 amide bonds. The van der Waals surface area contributed by atoms with Crippen LogP contribution in [0.2, 0.25) is 0 Å². The van der Waals surface area contributed by atoms with Crippen LogP contribution in [0.1, 0.15) is 23.7 Å². The van der Waals surface area contributed by atoms with Gasteiger partial charge in [-0.25, -0.2) is 0 Å². The number of anilines is 1. The Bertz CT molecular complexity index is 551. The first-order valence-corrected chi connectivity index (χ1v) is 6.16. The molecule has 106 valence electrons. The highest BCUT2D eigenvalue weighted by Crippen LogP contribution is 2.24. The van der Waals surface area contributed by atoms with Gasteiger partial charge in [-0.15, -0.1) is 0 Å². The molecule has 0 bridgehead atoms. The molecule has 0 atom stereocenters. The van der Waals surface area contributed by atoms with Gasteiger partial charge >= 0.3 is 0 Å². The summed E-state index contributed by atoms with van der Waals surface area (Å²) in [6, 6.07) is 6.27. The quantitative estimate of drug-likeness (QED) is 0.633. The number of carbonyl (C=O) groups excluding carboxylic acids is 1. The van der Waals surface area contributed by atoms with Crippen LogP contribution < -0.4 is 5.32 Å². The molecule has 0 heterocycles. The van der Waals surface area contributed by atoms with Crippen LogP contribution >= 0.6 is 0 Å². The van der Waals surface area contributed by atoms with Gasteiger partial charge in [0.2, 0.25) is 0 Å². The van der Waals surface area contributed by atoms with Crippen LogP contribution in [0.3, 0.4) is 0 Å². The van der Waals surface area contributed by atoms with Crippen LogP contribution in [0.4, 0.5) is 11.4 Å². The van der Waals surface area contributed by atoms with Crippen LogP contribution in [0.25, 0.3) is 0 Å². The summed E-state index contributed by atoms with van der Waals surface area (Å²) in [5.41, 5.74) is 0.435. The van der Waals surface area contributed by atoms with E-state index in [0.29, 0.717) is 12.2 Å². The first kappa shape index (κ1) is 15.4. The molecule has 1 aromatic rings. The van der Waals surface area contributed by atoms with Gasteiger partial charge in [0.05, 0.1) is 17.4 Å². The van der Waals surface area contributed by atoms with Crippen LogP contribution in [-0.2, 0) is 0 Å². The summed E-state index contributed by atoms with van der Waals surface area (Å²) in [7, 11) is 1.52. The minimum atomic E-state index is -0.582. The lowest BCUT2D eigenvalue weighted by molar-refractivity contribution is -0.385. The molecule has 0 fully saturated rings. The lowest BCUT2D eigenvalue weighted by Crippen LogP contribution is -2.28. The maximum absolute atomic E-state index is 12.2. The fourth-order valence-corrected chi connectivity index (χ4v) is 1.71. The van der Waals surface area contributed by atoms with Gasteiger partial charge < -0.3 is 10.2 Å². The molecule has 7 heteroatoms. The maximum Gasteiger partial charge on any atom is 0.282 e. The molecule has 1 aromatic carbocycles. The minimum Gasteiger partial charge on any atom is -0.385 e. The zero-order valence-corrected chi connectivity index (χ0v) is 11.4. The summed E-state index contributed by atoms with van der Waals surface area (Å²) < 4.78 is 0. The Balaban J connectivity index is 3.12. The number of nitriles is 1. The van der Waals surface area contributed by atoms with Gasteiger partial charge in [-0.1, -0.05) is 0 Å². The lowest BCUT2D eigenvalue weighted by Gasteiger charge is -2.16. The Labute approximate surface area is 117 Å². The topological polar surface area (TPSA) is 99.3 Å². The van der Waals surface area contributed by atoms with E-state index in [0.717, 1.165) is 0 Å². The molecule has 0 aliphatic rings. The molecular weight excluding hydrogens is 260 g/mol. The third-order valence-corrected chi connectivity index (χ3v) is 2.71. The van der Waals surface area contributed by atoms with E-state index in [1.807, 2.05) is 13.0 Å². The summed E-state index contributed by atoms with van der Waals surface area (Å²) in [5.74, 6) is -0.466. The van der Waals surface area contributed by atoms with Gasteiger partial charge in [-0.2, -0.15) is 5.26 Å². The zero-order chi connectivity index (χ0) is 15.1. The number of carbonyl (C=O) groups is 1. The van der Waals surface area contributed by atoms with Gasteiger partial charge in [0.1, 0.15) is 5.56 Å². The van der Waals surface area contributed by atoms with Gasteiger partial charge in [0, 0.05) is 31.9 Å². The molecule has 0 saturated carbocycles. The fraction of sp³-hybridized carbons (Fsp3) is 0.385. The number of hydrogen-bond acceptors (Lipinski definition) is 5. The monoisotopic (exact) mass is 276 g/mol. The van der Waals surface area contributed by atoms with Crippen molar-refractivity contribution in [2.75, 3.05) is 25.5 Å². The Morgan fingerprint density at radius 1 is 1.55 bits per heavy atom. The number of rotatable bonds is 6. The summed E-state index contributed by atoms with van der Waals surface area (Å²) >= 11 is 0. The van der Waals surface area contributed by atoms with Crippen molar-refractivity contribution in [3.05, 3.63) is 33.9 Å². The van der Waals surface area contributed by atoms with Crippen LogP contribution in [0.15, 0.2) is 18.2 Å². The fourth-order valence-electron chi connectivity index (χ4n) is 1.71. The molecule has 0 aromatic heterocycles. The van der Waals surface area contributed by atoms with Crippen molar-refractivity contribution in [1.82, 2.24) is 4.90 Å². The van der Waals surface area contributed by atoms with Crippen molar-refractivity contribution < 1.29 is 9.72 Å². The largest absolute Gasteiger partial charge is 0.385 e. The van der Waals surface area contributed by atoms with Crippen LogP contribution in [0, 0.1) is 21.4 Å². The van der Waals surface area contributed by atoms with Crippen molar-refractivity contribution in [2.45, 2.75) is 13.3 Å². The van der Waals surface area contributed by atoms with Crippen molar-refractivity contribution in [1.29, 1.82) is 5.26 Å². The predicted molar refractivity (Wildman–Crippen MR) is 74.5 cm³/mol. The molecule has 0 unspecified atom stereocenters. The molecule has 0 radical (unpaired) electrons. The van der Waals surface area contributed by atoms with Gasteiger partial charge in [0.15, 0.2) is 0 Å². The standard InChI is InChI=1S/C13H16N4O3/c1-3-15-10-5-6-12(17(19)20)11(9-10)13(18)16(2)8-4-7-14/h5-6,9,15H,3-4,8H2,1-2H3. The third kappa shape index (κ3) is 3.68. The third-order valence-electron chi connectivity index (χ3n) is 2.71. The number of benzene rings is 1. The number of amides is 1. The molecule has 0 aliphatic carbocycles. The van der Waals surface area contributed by atoms with E-state index in [1.165, 1.54) is 24.1 Å². The van der Waals surface area contributed by atoms with Crippen molar-refractivity contribution in [2.24, 2.45) is 0 Å². The normalized spacial score (nSPS) is 9.65. The summed E-state index contributed by atoms with van der Waals surface area (Å²) in [5, 5.41) is 22.5. The molecule has 1 N–H and O–H groups in total. The average molecular weight is 276 g/mol. The maximum atomic E-state index is 12.2. The molecule has 1 rings (SSSR count). The lowest BCUT2D eigenvalue weighted by atomic mass is 10.1. The van der Waals surface area contributed by atoms with E-state index in [9.17, 15) is 14.9 Å². The number of nitro benzene ring substituents is 1. The summed E-state index contributed by atoms with van der Waals surface area (Å²) in [6.45, 7) is 2.77. The summed E-state index contributed by atoms with van der Waals surface area (Å²) in [4.78, 5) is 23.9. The number of hydrogen-bond donors (Lipinski definition) is 1. The second-order valence-corrected chi connectivity index (χ2v) is 4.15. The highest BCUT2D eigenvalue weighted by Gasteiger charge is 2.23. The predicted octanol–water partition coefficient (Wildman–Crippen LogP) is 2.01. The minimum absolute atomic E-state index is 0.0221. The first-order chi connectivity index (χ1) is 9.51. The Kier molecular flexibility index (Phi) is 5.47. The molecule has 20 heavy (non-hydrogen) atoms. The summed E-state index contributed by atoms with van der Waals surface area (Å²) in [6.07, 6.45) is 0.183. The Morgan fingerprint density at radius 2 is 2.25 bits per heavy atom. The molecular formula is C13H16N4O3. The Morgan fingerprint density at radius 3 is 2.80 bits per heavy atom. The van der Waals surface area contributed by atoms with Crippen molar-refractivity contribution in [3.63, 3.8) is 0 Å². The number of nitrogens with zero attached hydrogens (tertiary/aromatic N) is 3. The smallest absolute Gasteiger partial charge is 0.282 e. The molecule has 0 saturated heterocycles. The van der Waals surface area contributed by atoms with E-state index in [4.69, 9.17) is 5.26 Å². The van der Waals surface area contributed by atoms with Crippen molar-refractivity contribution in [3.8, 4) is 6.07 Å². The van der Waals surface area contributed by atoms with E-state index in [2.05, 4.69) is 5.32 Å². The van der Waals surface area contributed by atoms with E-state index in [1.54, 1.807) is 6.07 Å². The zero-order valence-electron chi connectivity index (χ0n) is 11.4. The highest BCUT2D eigenvalue weighted by molar-refractivity contribution is 5.99. The SMILES string of the molecule is CCNc1ccc([N+](=O)[O-])c(C(=O)N(C)CCC#N)c1. The van der Waals surface area contributed by atoms with E-state index < -0.39 is 10.8 Å². The highest BCUT2D eigenvalue weighted by atomic mass is 16.6. The first-order valence-electron chi connectivity index (χ1n) is 6.16. The van der Waals surface area contributed by atoms with Crippen LogP contribution in [-0.4, -0.2) is 35.9 Å². The molecule has 0 spiro atoms. The van der Waals surface area contributed by atoms with Gasteiger partial charge in [-0.05, 0) is 19.1 Å². The number of nitrogens with one attached hydrogen (secondary N) is 1. The second-order valence-electron chi connectivity index (χ2n) is 4.15. The van der Waals surface area contributed by atoms with E-state index >= 15 is 0 Å². The molecule has 7 nitrogen and oxygen atoms in total. The van der Waals surface area contributed by atoms with Crippen molar-refractivity contribution >= 4 is 17.3 Å². The second kappa shape index (κ2) is 7.09. The average Bonchev–Trinajstić information content (AvgIpc) is 2.43. The van der Waals surface area contributed by atoms with Gasteiger partial charge in [-0.3, -0.25) is 14.9 Å². The Hall–Kier alpha value is -2.62. The van der Waals surface area contributed by atoms with Crippen LogP contribution in [0.5, 0.6) is 0 Å².